The van der Waals surface area contributed by atoms with Gasteiger partial charge in [-0.3, -0.25) is 14.5 Å². The minimum absolute atomic E-state index is 0.00663. The van der Waals surface area contributed by atoms with E-state index in [1.54, 1.807) is 49.9 Å². The first kappa shape index (κ1) is 26.0. The number of rotatable bonds is 9. The Morgan fingerprint density at radius 3 is 2.27 bits per heavy atom. The highest BCUT2D eigenvalue weighted by atomic mass is 17.2. The van der Waals surface area contributed by atoms with Gasteiger partial charge in [-0.05, 0) is 19.8 Å². The van der Waals surface area contributed by atoms with Gasteiger partial charge in [-0.1, -0.05) is 38.1 Å². The van der Waals surface area contributed by atoms with E-state index < -0.39 is 18.0 Å². The molecule has 1 saturated heterocycles. The van der Waals surface area contributed by atoms with E-state index in [0.29, 0.717) is 37.1 Å². The standard InChI is InChI=1S/C23H31N3O7/c1-4-20(28)33-32-18-10-12-26(13-11-18)22(29)15(3)14-19(27)16-6-8-17(9-7-16)21(24)25-23(30)31-5-2/h6-9,15,18H,4-5,10-14H2,1-3H3,(H2,24,25,30). The molecule has 33 heavy (non-hydrogen) atoms. The van der Waals surface area contributed by atoms with Crippen LogP contribution in [0.4, 0.5) is 4.79 Å². The van der Waals surface area contributed by atoms with Crippen LogP contribution in [0.25, 0.3) is 0 Å². The zero-order chi connectivity index (χ0) is 24.4. The zero-order valence-electron chi connectivity index (χ0n) is 19.2. The summed E-state index contributed by atoms with van der Waals surface area (Å²) in [6.07, 6.45) is 0.397. The van der Waals surface area contributed by atoms with Crippen LogP contribution in [-0.4, -0.2) is 60.3 Å². The number of Topliss-reactive ketones (excluding diaryl/α,β-unsaturated/α-hetero) is 1. The molecule has 1 aliphatic heterocycles. The van der Waals surface area contributed by atoms with Crippen LogP contribution < -0.4 is 5.73 Å². The number of piperidine rings is 1. The van der Waals surface area contributed by atoms with Crippen LogP contribution in [0.3, 0.4) is 0 Å². The fourth-order valence-electron chi connectivity index (χ4n) is 3.29. The summed E-state index contributed by atoms with van der Waals surface area (Å²) in [6, 6.07) is 6.35. The molecule has 0 aromatic heterocycles. The first-order valence-electron chi connectivity index (χ1n) is 11.0. The number of carbonyl (C=O) groups is 4. The van der Waals surface area contributed by atoms with Gasteiger partial charge in [-0.25, -0.2) is 9.59 Å². The maximum atomic E-state index is 12.8. The molecule has 0 saturated carbocycles. The van der Waals surface area contributed by atoms with Gasteiger partial charge in [-0.15, -0.1) is 0 Å². The summed E-state index contributed by atoms with van der Waals surface area (Å²) < 4.78 is 4.72. The van der Waals surface area contributed by atoms with Gasteiger partial charge in [0.1, 0.15) is 11.9 Å². The van der Waals surface area contributed by atoms with Gasteiger partial charge >= 0.3 is 12.1 Å². The van der Waals surface area contributed by atoms with E-state index in [1.165, 1.54) is 0 Å². The first-order chi connectivity index (χ1) is 15.7. The predicted molar refractivity (Wildman–Crippen MR) is 119 cm³/mol. The minimum atomic E-state index is -0.778. The summed E-state index contributed by atoms with van der Waals surface area (Å²) in [6.45, 7) is 6.21. The molecule has 10 nitrogen and oxygen atoms in total. The van der Waals surface area contributed by atoms with E-state index in [0.717, 1.165) is 0 Å². The molecular formula is C23H31N3O7. The maximum absolute atomic E-state index is 12.8. The summed E-state index contributed by atoms with van der Waals surface area (Å²) in [4.78, 5) is 63.1. The molecule has 0 radical (unpaired) electrons. The Balaban J connectivity index is 1.85. The lowest BCUT2D eigenvalue weighted by molar-refractivity contribution is -0.302. The Morgan fingerprint density at radius 2 is 1.70 bits per heavy atom. The van der Waals surface area contributed by atoms with Crippen LogP contribution in [0.2, 0.25) is 0 Å². The highest BCUT2D eigenvalue weighted by molar-refractivity contribution is 6.04. The van der Waals surface area contributed by atoms with Gasteiger partial charge < -0.3 is 15.4 Å². The van der Waals surface area contributed by atoms with Gasteiger partial charge in [-0.2, -0.15) is 9.88 Å². The summed E-state index contributed by atoms with van der Waals surface area (Å²) in [5.41, 5.74) is 6.71. The molecule has 180 valence electrons. The van der Waals surface area contributed by atoms with Gasteiger partial charge in [0.15, 0.2) is 5.78 Å². The van der Waals surface area contributed by atoms with Crippen molar-refractivity contribution in [3.05, 3.63) is 35.4 Å². The molecule has 1 fully saturated rings. The van der Waals surface area contributed by atoms with E-state index in [2.05, 4.69) is 4.99 Å². The van der Waals surface area contributed by atoms with Crippen molar-refractivity contribution >= 4 is 29.6 Å². The number of carbonyl (C=O) groups excluding carboxylic acids is 4. The van der Waals surface area contributed by atoms with Crippen LogP contribution in [0, 0.1) is 5.92 Å². The number of amidine groups is 1. The van der Waals surface area contributed by atoms with Crippen molar-refractivity contribution in [2.75, 3.05) is 19.7 Å². The predicted octanol–water partition coefficient (Wildman–Crippen LogP) is 2.63. The lowest BCUT2D eigenvalue weighted by Gasteiger charge is -2.32. The molecule has 2 amide bonds. The summed E-state index contributed by atoms with van der Waals surface area (Å²) >= 11 is 0. The van der Waals surface area contributed by atoms with Crippen molar-refractivity contribution in [2.45, 2.75) is 52.6 Å². The highest BCUT2D eigenvalue weighted by Crippen LogP contribution is 2.19. The van der Waals surface area contributed by atoms with E-state index in [-0.39, 0.29) is 43.1 Å². The minimum Gasteiger partial charge on any atom is -0.448 e. The van der Waals surface area contributed by atoms with Gasteiger partial charge in [0.25, 0.3) is 0 Å². The van der Waals surface area contributed by atoms with Crippen molar-refractivity contribution in [1.82, 2.24) is 4.90 Å². The average molecular weight is 462 g/mol. The quantitative estimate of drug-likeness (QED) is 0.195. The number of amides is 2. The number of hydrogen-bond acceptors (Lipinski definition) is 7. The first-order valence-corrected chi connectivity index (χ1v) is 11.0. The number of aliphatic imine (C=N–C) groups is 1. The topological polar surface area (TPSA) is 138 Å². The number of likely N-dealkylation sites (tertiary alicyclic amines) is 1. The van der Waals surface area contributed by atoms with Gasteiger partial charge in [0, 0.05) is 43.0 Å². The molecule has 0 spiro atoms. The number of nitrogens with zero attached hydrogens (tertiary/aromatic N) is 2. The van der Waals surface area contributed by atoms with Crippen molar-refractivity contribution in [1.29, 1.82) is 0 Å². The van der Waals surface area contributed by atoms with Gasteiger partial charge in [0.2, 0.25) is 5.91 Å². The highest BCUT2D eigenvalue weighted by Gasteiger charge is 2.28. The molecule has 2 N–H and O–H groups in total. The van der Waals surface area contributed by atoms with Crippen LogP contribution >= 0.6 is 0 Å². The Bertz CT molecular complexity index is 875. The molecule has 0 bridgehead atoms. The normalized spacial score (nSPS) is 15.6. The largest absolute Gasteiger partial charge is 0.448 e. The molecule has 1 heterocycles. The van der Waals surface area contributed by atoms with Gasteiger partial charge in [0.05, 0.1) is 6.61 Å². The fraction of sp³-hybridized carbons (Fsp3) is 0.522. The Hall–Kier alpha value is -3.27. The number of ether oxygens (including phenoxy) is 1. The van der Waals surface area contributed by atoms with Crippen LogP contribution in [0.1, 0.15) is 62.4 Å². The third-order valence-electron chi connectivity index (χ3n) is 5.21. The number of nitrogens with two attached hydrogens (primary N) is 1. The van der Waals surface area contributed by atoms with Crippen LogP contribution in [0.15, 0.2) is 29.3 Å². The lowest BCUT2D eigenvalue weighted by atomic mass is 9.96. The summed E-state index contributed by atoms with van der Waals surface area (Å²) in [5, 5.41) is 0. The summed E-state index contributed by atoms with van der Waals surface area (Å²) in [7, 11) is 0. The Kier molecular flexibility index (Phi) is 9.99. The fourth-order valence-corrected chi connectivity index (χ4v) is 3.29. The molecular weight excluding hydrogens is 430 g/mol. The Morgan fingerprint density at radius 1 is 1.09 bits per heavy atom. The van der Waals surface area contributed by atoms with E-state index in [4.69, 9.17) is 20.2 Å². The number of benzene rings is 1. The molecule has 1 aromatic carbocycles. The second-order valence-electron chi connectivity index (χ2n) is 7.73. The lowest BCUT2D eigenvalue weighted by Crippen LogP contribution is -2.43. The average Bonchev–Trinajstić information content (AvgIpc) is 2.82. The molecule has 10 heteroatoms. The SMILES string of the molecule is CCOC(=O)/N=C(/N)c1ccc(C(=O)CC(C)C(=O)N2CCC(OOC(=O)CC)CC2)cc1. The molecule has 1 atom stereocenters. The maximum Gasteiger partial charge on any atom is 0.435 e. The monoisotopic (exact) mass is 461 g/mol. The van der Waals surface area contributed by atoms with Crippen LogP contribution in [0.5, 0.6) is 0 Å². The van der Waals surface area contributed by atoms with E-state index >= 15 is 0 Å². The van der Waals surface area contributed by atoms with E-state index in [1.807, 2.05) is 0 Å². The summed E-state index contributed by atoms with van der Waals surface area (Å²) in [5.74, 6) is -1.19. The molecule has 1 aromatic rings. The molecule has 1 aliphatic rings. The molecule has 0 aliphatic carbocycles. The molecule has 1 unspecified atom stereocenters. The van der Waals surface area contributed by atoms with Crippen molar-refractivity contribution in [2.24, 2.45) is 16.6 Å². The Labute approximate surface area is 193 Å². The van der Waals surface area contributed by atoms with Crippen molar-refractivity contribution in [3.63, 3.8) is 0 Å². The van der Waals surface area contributed by atoms with Crippen molar-refractivity contribution < 1.29 is 33.7 Å². The third kappa shape index (κ3) is 7.98. The number of ketones is 1. The smallest absolute Gasteiger partial charge is 0.435 e. The molecule has 2 rings (SSSR count). The zero-order valence-corrected chi connectivity index (χ0v) is 19.2. The van der Waals surface area contributed by atoms with Crippen LogP contribution in [-0.2, 0) is 24.1 Å². The van der Waals surface area contributed by atoms with Crippen molar-refractivity contribution in [3.8, 4) is 0 Å². The second kappa shape index (κ2) is 12.7. The number of hydrogen-bond donors (Lipinski definition) is 1. The second-order valence-corrected chi connectivity index (χ2v) is 7.73. The van der Waals surface area contributed by atoms with E-state index in [9.17, 15) is 19.2 Å². The third-order valence-corrected chi connectivity index (χ3v) is 5.21.